The number of benzene rings is 2. The fourth-order valence-corrected chi connectivity index (χ4v) is 4.54. The molecule has 2 rings (SSSR count). The first kappa shape index (κ1) is 27.9. The van der Waals surface area contributed by atoms with Gasteiger partial charge in [0.05, 0.1) is 22.0 Å². The van der Waals surface area contributed by atoms with Gasteiger partial charge in [-0.25, -0.2) is 12.8 Å². The van der Waals surface area contributed by atoms with Crippen LogP contribution in [0.15, 0.2) is 42.5 Å². The van der Waals surface area contributed by atoms with E-state index in [0.717, 1.165) is 12.3 Å². The maximum Gasteiger partial charge on any atom is 0.244 e. The van der Waals surface area contributed by atoms with E-state index >= 15 is 0 Å². The standard InChI is InChI=1S/C23H28Cl2FN3O4S/c1-4-12-27-23(31)20(5-2)28(14-16-10-11-17(24)18(25)13-16)22(30)15-29(34(3,32)33)21-9-7-6-8-19(21)26/h6-11,13,20H,4-5,12,14-15H2,1-3H3,(H,27,31). The minimum absolute atomic E-state index is 0.0252. The van der Waals surface area contributed by atoms with Crippen LogP contribution in [0.5, 0.6) is 0 Å². The first-order chi connectivity index (χ1) is 16.0. The van der Waals surface area contributed by atoms with Gasteiger partial charge in [0.2, 0.25) is 21.8 Å². The van der Waals surface area contributed by atoms with Crippen molar-refractivity contribution in [3.8, 4) is 0 Å². The van der Waals surface area contributed by atoms with Crippen molar-refractivity contribution in [3.63, 3.8) is 0 Å². The Morgan fingerprint density at radius 3 is 2.32 bits per heavy atom. The molecule has 1 atom stereocenters. The highest BCUT2D eigenvalue weighted by atomic mass is 35.5. The van der Waals surface area contributed by atoms with E-state index in [9.17, 15) is 22.4 Å². The van der Waals surface area contributed by atoms with Crippen molar-refractivity contribution in [2.75, 3.05) is 23.7 Å². The van der Waals surface area contributed by atoms with Gasteiger partial charge >= 0.3 is 0 Å². The second-order valence-corrected chi connectivity index (χ2v) is 10.4. The number of anilines is 1. The minimum atomic E-state index is -4.01. The molecule has 0 aliphatic carbocycles. The molecule has 34 heavy (non-hydrogen) atoms. The van der Waals surface area contributed by atoms with Gasteiger partial charge in [0.25, 0.3) is 0 Å². The topological polar surface area (TPSA) is 86.8 Å². The van der Waals surface area contributed by atoms with Gasteiger partial charge in [-0.2, -0.15) is 0 Å². The molecule has 0 saturated heterocycles. The second-order valence-electron chi connectivity index (χ2n) is 7.71. The lowest BCUT2D eigenvalue weighted by Crippen LogP contribution is -2.52. The van der Waals surface area contributed by atoms with E-state index in [1.54, 1.807) is 25.1 Å². The smallest absolute Gasteiger partial charge is 0.244 e. The summed E-state index contributed by atoms with van der Waals surface area (Å²) < 4.78 is 40.1. The molecule has 0 spiro atoms. The van der Waals surface area contributed by atoms with Gasteiger partial charge in [0, 0.05) is 13.1 Å². The van der Waals surface area contributed by atoms with Crippen LogP contribution in [0.1, 0.15) is 32.3 Å². The Morgan fingerprint density at radius 1 is 1.09 bits per heavy atom. The van der Waals surface area contributed by atoms with Crippen molar-refractivity contribution in [3.05, 3.63) is 63.9 Å². The molecule has 0 bridgehead atoms. The Kier molecular flexibility index (Phi) is 10.1. The summed E-state index contributed by atoms with van der Waals surface area (Å²) in [6.45, 7) is 3.37. The van der Waals surface area contributed by atoms with Crippen LogP contribution >= 0.6 is 23.2 Å². The Balaban J connectivity index is 2.46. The number of nitrogens with zero attached hydrogens (tertiary/aromatic N) is 2. The third-order valence-corrected chi connectivity index (χ3v) is 6.94. The van der Waals surface area contributed by atoms with Crippen LogP contribution in [0.3, 0.4) is 0 Å². The molecule has 0 aromatic heterocycles. The fraction of sp³-hybridized carbons (Fsp3) is 0.391. The van der Waals surface area contributed by atoms with Crippen molar-refractivity contribution < 1.29 is 22.4 Å². The molecular formula is C23H28Cl2FN3O4S. The molecule has 0 saturated carbocycles. The predicted octanol–water partition coefficient (Wildman–Crippen LogP) is 4.23. The van der Waals surface area contributed by atoms with E-state index in [0.29, 0.717) is 27.9 Å². The van der Waals surface area contributed by atoms with Gasteiger partial charge in [-0.1, -0.05) is 55.2 Å². The highest BCUT2D eigenvalue weighted by Gasteiger charge is 2.32. The number of rotatable bonds is 11. The normalized spacial score (nSPS) is 12.2. The Morgan fingerprint density at radius 2 is 1.76 bits per heavy atom. The lowest BCUT2D eigenvalue weighted by Gasteiger charge is -2.33. The molecule has 0 aliphatic rings. The molecule has 7 nitrogen and oxygen atoms in total. The first-order valence-electron chi connectivity index (χ1n) is 10.7. The van der Waals surface area contributed by atoms with Crippen LogP contribution in [0.4, 0.5) is 10.1 Å². The van der Waals surface area contributed by atoms with Crippen LogP contribution in [0.25, 0.3) is 0 Å². The quantitative estimate of drug-likeness (QED) is 0.469. The molecule has 1 N–H and O–H groups in total. The molecule has 0 radical (unpaired) electrons. The highest BCUT2D eigenvalue weighted by molar-refractivity contribution is 7.92. The van der Waals surface area contributed by atoms with Crippen LogP contribution in [0, 0.1) is 5.82 Å². The lowest BCUT2D eigenvalue weighted by atomic mass is 10.1. The van der Waals surface area contributed by atoms with Crippen molar-refractivity contribution in [2.45, 2.75) is 39.3 Å². The van der Waals surface area contributed by atoms with Crippen molar-refractivity contribution >= 4 is 50.7 Å². The summed E-state index contributed by atoms with van der Waals surface area (Å²) in [6.07, 6.45) is 1.88. The third-order valence-electron chi connectivity index (χ3n) is 5.07. The summed E-state index contributed by atoms with van der Waals surface area (Å²) in [6, 6.07) is 9.21. The summed E-state index contributed by atoms with van der Waals surface area (Å²) in [4.78, 5) is 27.6. The second kappa shape index (κ2) is 12.4. The van der Waals surface area contributed by atoms with Gasteiger partial charge in [-0.15, -0.1) is 0 Å². The van der Waals surface area contributed by atoms with E-state index in [1.165, 1.54) is 23.1 Å². The van der Waals surface area contributed by atoms with Crippen molar-refractivity contribution in [2.24, 2.45) is 0 Å². The molecule has 11 heteroatoms. The van der Waals surface area contributed by atoms with Gasteiger partial charge in [-0.05, 0) is 42.7 Å². The van der Waals surface area contributed by atoms with E-state index < -0.39 is 34.3 Å². The zero-order valence-corrected chi connectivity index (χ0v) is 21.6. The van der Waals surface area contributed by atoms with Gasteiger partial charge < -0.3 is 10.2 Å². The Labute approximate surface area is 209 Å². The molecule has 0 fully saturated rings. The van der Waals surface area contributed by atoms with E-state index in [-0.39, 0.29) is 29.6 Å². The predicted molar refractivity (Wildman–Crippen MR) is 133 cm³/mol. The van der Waals surface area contributed by atoms with Crippen LogP contribution in [-0.4, -0.2) is 50.5 Å². The Hall–Kier alpha value is -2.36. The third kappa shape index (κ3) is 7.32. The molecule has 186 valence electrons. The fourth-order valence-electron chi connectivity index (χ4n) is 3.37. The number of carbonyl (C=O) groups excluding carboxylic acids is 2. The Bertz CT molecular complexity index is 1130. The van der Waals surface area contributed by atoms with Crippen LogP contribution < -0.4 is 9.62 Å². The molecule has 0 heterocycles. The van der Waals surface area contributed by atoms with Gasteiger partial charge in [0.1, 0.15) is 18.4 Å². The molecule has 2 amide bonds. The number of nitrogens with one attached hydrogen (secondary N) is 1. The number of hydrogen-bond acceptors (Lipinski definition) is 4. The maximum absolute atomic E-state index is 14.4. The lowest BCUT2D eigenvalue weighted by molar-refractivity contribution is -0.140. The minimum Gasteiger partial charge on any atom is -0.354 e. The number of hydrogen-bond donors (Lipinski definition) is 1. The zero-order chi connectivity index (χ0) is 25.5. The zero-order valence-electron chi connectivity index (χ0n) is 19.2. The monoisotopic (exact) mass is 531 g/mol. The van der Waals surface area contributed by atoms with Crippen LogP contribution in [0.2, 0.25) is 10.0 Å². The van der Waals surface area contributed by atoms with Gasteiger partial charge in [0.15, 0.2) is 0 Å². The number of para-hydroxylation sites is 1. The average Bonchev–Trinajstić information content (AvgIpc) is 2.78. The number of carbonyl (C=O) groups is 2. The molecule has 0 aliphatic heterocycles. The maximum atomic E-state index is 14.4. The van der Waals surface area contributed by atoms with Crippen molar-refractivity contribution in [1.29, 1.82) is 0 Å². The molecular weight excluding hydrogens is 504 g/mol. The summed E-state index contributed by atoms with van der Waals surface area (Å²) in [5.74, 6) is -1.82. The van der Waals surface area contributed by atoms with Gasteiger partial charge in [-0.3, -0.25) is 13.9 Å². The average molecular weight is 532 g/mol. The summed E-state index contributed by atoms with van der Waals surface area (Å²) in [5.41, 5.74) is 0.345. The summed E-state index contributed by atoms with van der Waals surface area (Å²) in [7, 11) is -4.01. The first-order valence-corrected chi connectivity index (χ1v) is 13.3. The number of halogens is 3. The van der Waals surface area contributed by atoms with Crippen molar-refractivity contribution in [1.82, 2.24) is 10.2 Å². The summed E-state index contributed by atoms with van der Waals surface area (Å²) >= 11 is 12.1. The van der Waals surface area contributed by atoms with E-state index in [4.69, 9.17) is 23.2 Å². The largest absolute Gasteiger partial charge is 0.354 e. The molecule has 1 unspecified atom stereocenters. The molecule has 2 aromatic rings. The summed E-state index contributed by atoms with van der Waals surface area (Å²) in [5, 5.41) is 3.39. The number of sulfonamides is 1. The van der Waals surface area contributed by atoms with E-state index in [1.807, 2.05) is 6.92 Å². The molecule has 2 aromatic carbocycles. The SMILES string of the molecule is CCCNC(=O)C(CC)N(Cc1ccc(Cl)c(Cl)c1)C(=O)CN(c1ccccc1F)S(C)(=O)=O. The highest BCUT2D eigenvalue weighted by Crippen LogP contribution is 2.25. The number of amides is 2. The van der Waals surface area contributed by atoms with Crippen LogP contribution in [-0.2, 0) is 26.2 Å². The van der Waals surface area contributed by atoms with E-state index in [2.05, 4.69) is 5.32 Å².